The van der Waals surface area contributed by atoms with Gasteiger partial charge in [0.05, 0.1) is 19.9 Å². The molecule has 5 heteroatoms. The van der Waals surface area contributed by atoms with Crippen molar-refractivity contribution in [1.29, 1.82) is 0 Å². The molecule has 1 aliphatic carbocycles. The van der Waals surface area contributed by atoms with Crippen molar-refractivity contribution in [3.8, 4) is 11.5 Å². The van der Waals surface area contributed by atoms with Gasteiger partial charge in [0, 0.05) is 18.1 Å². The fourth-order valence-corrected chi connectivity index (χ4v) is 2.61. The topological polar surface area (TPSA) is 60.7 Å². The molecule has 126 valence electrons. The number of rotatable bonds is 6. The minimum atomic E-state index is -0.254. The maximum atomic E-state index is 12.1. The van der Waals surface area contributed by atoms with Crippen molar-refractivity contribution >= 4 is 17.7 Å². The van der Waals surface area contributed by atoms with Gasteiger partial charge in [0.2, 0.25) is 5.91 Å². The van der Waals surface area contributed by atoms with Crippen LogP contribution in [-0.4, -0.2) is 20.1 Å². The lowest BCUT2D eigenvalue weighted by Crippen LogP contribution is -2.08. The molecule has 0 spiro atoms. The third kappa shape index (κ3) is 3.62. The highest BCUT2D eigenvalue weighted by molar-refractivity contribution is 6.02. The summed E-state index contributed by atoms with van der Waals surface area (Å²) in [5.41, 5.74) is 0.583. The number of amides is 1. The Bertz CT molecular complexity index is 762. The Labute approximate surface area is 141 Å². The van der Waals surface area contributed by atoms with E-state index in [4.69, 9.17) is 13.9 Å². The molecule has 24 heavy (non-hydrogen) atoms. The zero-order chi connectivity index (χ0) is 17.1. The molecule has 0 saturated heterocycles. The Kier molecular flexibility index (Phi) is 4.60. The van der Waals surface area contributed by atoms with E-state index >= 15 is 0 Å². The fraction of sp³-hybridized carbons (Fsp3) is 0.316. The Morgan fingerprint density at radius 2 is 2.04 bits per heavy atom. The summed E-state index contributed by atoms with van der Waals surface area (Å²) < 4.78 is 16.1. The molecule has 2 unspecified atom stereocenters. The molecule has 2 aromatic rings. The first-order valence-corrected chi connectivity index (χ1v) is 7.91. The molecule has 1 heterocycles. The van der Waals surface area contributed by atoms with Gasteiger partial charge >= 0.3 is 0 Å². The van der Waals surface area contributed by atoms with Crippen LogP contribution in [0.4, 0.5) is 5.69 Å². The summed E-state index contributed by atoms with van der Waals surface area (Å²) in [6.45, 7) is 2.21. The van der Waals surface area contributed by atoms with Gasteiger partial charge in [-0.05, 0) is 42.7 Å². The molecule has 2 atom stereocenters. The van der Waals surface area contributed by atoms with E-state index in [0.717, 1.165) is 5.76 Å². The minimum Gasteiger partial charge on any atom is -0.497 e. The Hall–Kier alpha value is -2.69. The van der Waals surface area contributed by atoms with Gasteiger partial charge in [-0.1, -0.05) is 6.92 Å². The van der Waals surface area contributed by atoms with Gasteiger partial charge in [-0.25, -0.2) is 0 Å². The molecule has 1 saturated carbocycles. The van der Waals surface area contributed by atoms with Crippen LogP contribution in [0, 0.1) is 5.92 Å². The van der Waals surface area contributed by atoms with Crippen LogP contribution in [-0.2, 0) is 4.79 Å². The average Bonchev–Trinajstić information content (AvgIpc) is 3.13. The molecule has 1 fully saturated rings. The predicted octanol–water partition coefficient (Wildman–Crippen LogP) is 4.07. The van der Waals surface area contributed by atoms with E-state index in [9.17, 15) is 4.79 Å². The maximum Gasteiger partial charge on any atom is 0.248 e. The second-order valence-electron chi connectivity index (χ2n) is 5.95. The fourth-order valence-electron chi connectivity index (χ4n) is 2.61. The van der Waals surface area contributed by atoms with Gasteiger partial charge in [0.15, 0.2) is 0 Å². The first-order chi connectivity index (χ1) is 11.6. The van der Waals surface area contributed by atoms with Crippen molar-refractivity contribution in [1.82, 2.24) is 0 Å². The summed E-state index contributed by atoms with van der Waals surface area (Å²) in [6, 6.07) is 9.09. The van der Waals surface area contributed by atoms with E-state index in [2.05, 4.69) is 12.2 Å². The van der Waals surface area contributed by atoms with Crippen LogP contribution in [0.3, 0.4) is 0 Å². The Morgan fingerprint density at radius 3 is 2.71 bits per heavy atom. The average molecular weight is 327 g/mol. The number of hydrogen-bond acceptors (Lipinski definition) is 4. The van der Waals surface area contributed by atoms with Crippen molar-refractivity contribution in [2.45, 2.75) is 19.3 Å². The van der Waals surface area contributed by atoms with E-state index in [1.54, 1.807) is 38.5 Å². The summed E-state index contributed by atoms with van der Waals surface area (Å²) in [7, 11) is 3.12. The molecular formula is C19H21NO4. The van der Waals surface area contributed by atoms with Gasteiger partial charge in [-0.2, -0.15) is 0 Å². The lowest BCUT2D eigenvalue weighted by molar-refractivity contribution is -0.111. The number of anilines is 1. The molecule has 1 aromatic carbocycles. The molecule has 0 aliphatic heterocycles. The molecule has 0 bridgehead atoms. The van der Waals surface area contributed by atoms with Crippen LogP contribution in [0.2, 0.25) is 0 Å². The number of carbonyl (C=O) groups excluding carboxylic acids is 1. The monoisotopic (exact) mass is 327 g/mol. The Balaban J connectivity index is 1.64. The summed E-state index contributed by atoms with van der Waals surface area (Å²) in [5.74, 6) is 3.86. The minimum absolute atomic E-state index is 0.254. The molecule has 1 amide bonds. The zero-order valence-corrected chi connectivity index (χ0v) is 14.0. The standard InChI is InChI=1S/C19H21NO4/c1-12-10-15(12)17-8-5-13(24-17)6-9-19(21)20-16-7-4-14(22-2)11-18(16)23-3/h4-9,11-12,15H,10H2,1-3H3,(H,20,21)/b9-6+. The summed E-state index contributed by atoms with van der Waals surface area (Å²) in [5, 5.41) is 2.78. The number of methoxy groups -OCH3 is 2. The number of carbonyl (C=O) groups is 1. The molecule has 1 aliphatic rings. The molecule has 1 aromatic heterocycles. The van der Waals surface area contributed by atoms with Gasteiger partial charge in [0.25, 0.3) is 0 Å². The maximum absolute atomic E-state index is 12.1. The molecular weight excluding hydrogens is 306 g/mol. The van der Waals surface area contributed by atoms with Crippen LogP contribution in [0.5, 0.6) is 11.5 Å². The number of benzene rings is 1. The van der Waals surface area contributed by atoms with Crippen molar-refractivity contribution in [2.75, 3.05) is 19.5 Å². The van der Waals surface area contributed by atoms with Crippen molar-refractivity contribution in [3.05, 3.63) is 47.9 Å². The largest absolute Gasteiger partial charge is 0.497 e. The van der Waals surface area contributed by atoms with Crippen LogP contribution in [0.1, 0.15) is 30.8 Å². The third-order valence-corrected chi connectivity index (χ3v) is 4.19. The lowest BCUT2D eigenvalue weighted by Gasteiger charge is -2.10. The zero-order valence-electron chi connectivity index (χ0n) is 14.0. The second-order valence-corrected chi connectivity index (χ2v) is 5.95. The second kappa shape index (κ2) is 6.83. The molecule has 1 N–H and O–H groups in total. The number of hydrogen-bond donors (Lipinski definition) is 1. The van der Waals surface area contributed by atoms with Crippen LogP contribution >= 0.6 is 0 Å². The van der Waals surface area contributed by atoms with E-state index in [-0.39, 0.29) is 5.91 Å². The highest BCUT2D eigenvalue weighted by atomic mass is 16.5. The summed E-state index contributed by atoms with van der Waals surface area (Å²) in [6.07, 6.45) is 4.29. The molecule has 3 rings (SSSR count). The molecule has 0 radical (unpaired) electrons. The third-order valence-electron chi connectivity index (χ3n) is 4.19. The normalized spacial score (nSPS) is 19.3. The highest BCUT2D eigenvalue weighted by Gasteiger charge is 2.36. The summed E-state index contributed by atoms with van der Waals surface area (Å²) >= 11 is 0. The van der Waals surface area contributed by atoms with E-state index in [1.807, 2.05) is 12.1 Å². The first kappa shape index (κ1) is 16.2. The SMILES string of the molecule is COc1ccc(NC(=O)/C=C/c2ccc(C3CC3C)o2)c(OC)c1. The van der Waals surface area contributed by atoms with Crippen molar-refractivity contribution in [2.24, 2.45) is 5.92 Å². The highest BCUT2D eigenvalue weighted by Crippen LogP contribution is 2.47. The molecule has 5 nitrogen and oxygen atoms in total. The van der Waals surface area contributed by atoms with Crippen LogP contribution in [0.25, 0.3) is 6.08 Å². The first-order valence-electron chi connectivity index (χ1n) is 7.91. The van der Waals surface area contributed by atoms with Gasteiger partial charge in [0.1, 0.15) is 23.0 Å². The van der Waals surface area contributed by atoms with Crippen molar-refractivity contribution in [3.63, 3.8) is 0 Å². The predicted molar refractivity (Wildman–Crippen MR) is 92.4 cm³/mol. The lowest BCUT2D eigenvalue weighted by atomic mass is 10.2. The van der Waals surface area contributed by atoms with E-state index in [0.29, 0.717) is 34.8 Å². The van der Waals surface area contributed by atoms with Gasteiger partial charge in [-0.15, -0.1) is 0 Å². The van der Waals surface area contributed by atoms with E-state index < -0.39 is 0 Å². The van der Waals surface area contributed by atoms with Gasteiger partial charge in [-0.3, -0.25) is 4.79 Å². The van der Waals surface area contributed by atoms with Crippen molar-refractivity contribution < 1.29 is 18.7 Å². The number of ether oxygens (including phenoxy) is 2. The number of nitrogens with one attached hydrogen (secondary N) is 1. The van der Waals surface area contributed by atoms with Crippen LogP contribution in [0.15, 0.2) is 40.8 Å². The van der Waals surface area contributed by atoms with Gasteiger partial charge < -0.3 is 19.2 Å². The van der Waals surface area contributed by atoms with E-state index in [1.165, 1.54) is 12.5 Å². The number of furan rings is 1. The quantitative estimate of drug-likeness (QED) is 0.812. The summed E-state index contributed by atoms with van der Waals surface area (Å²) in [4.78, 5) is 12.1. The van der Waals surface area contributed by atoms with Crippen LogP contribution < -0.4 is 14.8 Å². The Morgan fingerprint density at radius 1 is 1.25 bits per heavy atom. The smallest absolute Gasteiger partial charge is 0.248 e.